The molecule has 3 N–H and O–H groups in total. The predicted octanol–water partition coefficient (Wildman–Crippen LogP) is 3.98. The van der Waals surface area contributed by atoms with Crippen LogP contribution in [0, 0.1) is 12.7 Å². The van der Waals surface area contributed by atoms with Crippen LogP contribution in [-0.4, -0.2) is 0 Å². The van der Waals surface area contributed by atoms with Crippen molar-refractivity contribution in [3.05, 3.63) is 58.4 Å². The lowest BCUT2D eigenvalue weighted by Gasteiger charge is -2.10. The summed E-state index contributed by atoms with van der Waals surface area (Å²) in [6.07, 6.45) is 0. The standard InChI is InChI=1S/C14H14ClFN2/c1-9-2-4-10(5-3-9)8-18-14-7-12(16)11(15)6-13(14)17/h2-7,18H,8,17H2,1H3. The van der Waals surface area contributed by atoms with Crippen molar-refractivity contribution in [1.82, 2.24) is 0 Å². The molecule has 0 saturated heterocycles. The van der Waals surface area contributed by atoms with Gasteiger partial charge in [-0.1, -0.05) is 41.4 Å². The lowest BCUT2D eigenvalue weighted by Crippen LogP contribution is -2.03. The molecule has 0 saturated carbocycles. The summed E-state index contributed by atoms with van der Waals surface area (Å²) in [5, 5.41) is 3.13. The van der Waals surface area contributed by atoms with E-state index < -0.39 is 5.82 Å². The Kier molecular flexibility index (Phi) is 3.72. The van der Waals surface area contributed by atoms with Gasteiger partial charge in [-0.25, -0.2) is 4.39 Å². The molecule has 18 heavy (non-hydrogen) atoms. The molecule has 4 heteroatoms. The predicted molar refractivity (Wildman–Crippen MR) is 74.3 cm³/mol. The van der Waals surface area contributed by atoms with Crippen LogP contribution in [0.1, 0.15) is 11.1 Å². The Balaban J connectivity index is 2.10. The highest BCUT2D eigenvalue weighted by molar-refractivity contribution is 6.31. The third kappa shape index (κ3) is 2.93. The topological polar surface area (TPSA) is 38.0 Å². The minimum atomic E-state index is -0.475. The van der Waals surface area contributed by atoms with E-state index in [0.29, 0.717) is 17.9 Å². The van der Waals surface area contributed by atoms with Crippen LogP contribution in [0.2, 0.25) is 5.02 Å². The second kappa shape index (κ2) is 5.27. The van der Waals surface area contributed by atoms with Gasteiger partial charge in [-0.15, -0.1) is 0 Å². The zero-order valence-electron chi connectivity index (χ0n) is 10.0. The van der Waals surface area contributed by atoms with Gasteiger partial charge in [0.1, 0.15) is 5.82 Å². The molecule has 0 bridgehead atoms. The second-order valence-corrected chi connectivity index (χ2v) is 4.60. The molecule has 0 unspecified atom stereocenters. The van der Waals surface area contributed by atoms with Crippen LogP contribution in [0.3, 0.4) is 0 Å². The van der Waals surface area contributed by atoms with Gasteiger partial charge in [-0.3, -0.25) is 0 Å². The summed E-state index contributed by atoms with van der Waals surface area (Å²) in [5.74, 6) is -0.475. The smallest absolute Gasteiger partial charge is 0.143 e. The van der Waals surface area contributed by atoms with Gasteiger partial charge in [0.15, 0.2) is 0 Å². The largest absolute Gasteiger partial charge is 0.397 e. The molecule has 0 radical (unpaired) electrons. The van der Waals surface area contributed by atoms with Gasteiger partial charge in [-0.05, 0) is 18.6 Å². The first-order chi connectivity index (χ1) is 8.56. The summed E-state index contributed by atoms with van der Waals surface area (Å²) < 4.78 is 13.3. The number of hydrogen-bond donors (Lipinski definition) is 2. The maximum Gasteiger partial charge on any atom is 0.143 e. The quantitative estimate of drug-likeness (QED) is 0.823. The molecule has 2 aromatic carbocycles. The van der Waals surface area contributed by atoms with E-state index in [-0.39, 0.29) is 5.02 Å². The van der Waals surface area contributed by atoms with Gasteiger partial charge in [0.2, 0.25) is 0 Å². The van der Waals surface area contributed by atoms with Gasteiger partial charge in [0.25, 0.3) is 0 Å². The molecule has 0 heterocycles. The first kappa shape index (κ1) is 12.7. The van der Waals surface area contributed by atoms with Crippen LogP contribution >= 0.6 is 11.6 Å². The van der Waals surface area contributed by atoms with Gasteiger partial charge >= 0.3 is 0 Å². The average molecular weight is 265 g/mol. The van der Waals surface area contributed by atoms with E-state index in [2.05, 4.69) is 5.32 Å². The number of hydrogen-bond acceptors (Lipinski definition) is 2. The number of anilines is 2. The third-order valence-corrected chi connectivity index (χ3v) is 2.99. The molecule has 0 aliphatic heterocycles. The molecule has 0 aliphatic rings. The third-order valence-electron chi connectivity index (χ3n) is 2.70. The van der Waals surface area contributed by atoms with E-state index >= 15 is 0 Å². The maximum atomic E-state index is 13.3. The van der Waals surface area contributed by atoms with E-state index in [4.69, 9.17) is 17.3 Å². The molecule has 94 valence electrons. The van der Waals surface area contributed by atoms with Gasteiger partial charge in [-0.2, -0.15) is 0 Å². The molecule has 2 nitrogen and oxygen atoms in total. The van der Waals surface area contributed by atoms with Gasteiger partial charge < -0.3 is 11.1 Å². The Hall–Kier alpha value is -1.74. The van der Waals surface area contributed by atoms with Crippen molar-refractivity contribution in [1.29, 1.82) is 0 Å². The van der Waals surface area contributed by atoms with Crippen molar-refractivity contribution in [2.45, 2.75) is 13.5 Å². The van der Waals surface area contributed by atoms with E-state index in [0.717, 1.165) is 5.56 Å². The normalized spacial score (nSPS) is 10.4. The number of benzene rings is 2. The minimum Gasteiger partial charge on any atom is -0.397 e. The number of nitrogens with one attached hydrogen (secondary N) is 1. The lowest BCUT2D eigenvalue weighted by molar-refractivity contribution is 0.629. The van der Waals surface area contributed by atoms with Crippen LogP contribution in [0.5, 0.6) is 0 Å². The molecule has 2 rings (SSSR count). The molecular weight excluding hydrogens is 251 g/mol. The average Bonchev–Trinajstić information content (AvgIpc) is 2.34. The number of aryl methyl sites for hydroxylation is 1. The number of nitrogen functional groups attached to an aromatic ring is 1. The van der Waals surface area contributed by atoms with E-state index in [9.17, 15) is 4.39 Å². The molecule has 0 atom stereocenters. The zero-order valence-corrected chi connectivity index (χ0v) is 10.8. The molecular formula is C14H14ClFN2. The zero-order chi connectivity index (χ0) is 13.1. The van der Waals surface area contributed by atoms with Crippen LogP contribution in [0.15, 0.2) is 36.4 Å². The molecule has 0 amide bonds. The Morgan fingerprint density at radius 2 is 1.89 bits per heavy atom. The number of halogens is 2. The summed E-state index contributed by atoms with van der Waals surface area (Å²) in [6, 6.07) is 10.8. The Morgan fingerprint density at radius 3 is 2.56 bits per heavy atom. The van der Waals surface area contributed by atoms with Crippen molar-refractivity contribution in [2.75, 3.05) is 11.1 Å². The van der Waals surface area contributed by atoms with E-state index in [1.165, 1.54) is 17.7 Å². The van der Waals surface area contributed by atoms with Crippen LogP contribution < -0.4 is 11.1 Å². The summed E-state index contributed by atoms with van der Waals surface area (Å²) in [5.41, 5.74) is 9.07. The van der Waals surface area contributed by atoms with Crippen molar-refractivity contribution in [3.8, 4) is 0 Å². The Morgan fingerprint density at radius 1 is 1.22 bits per heavy atom. The lowest BCUT2D eigenvalue weighted by atomic mass is 10.1. The van der Waals surface area contributed by atoms with E-state index in [1.54, 1.807) is 0 Å². The van der Waals surface area contributed by atoms with Crippen LogP contribution in [0.4, 0.5) is 15.8 Å². The number of rotatable bonds is 3. The van der Waals surface area contributed by atoms with Crippen LogP contribution in [0.25, 0.3) is 0 Å². The fraction of sp³-hybridized carbons (Fsp3) is 0.143. The summed E-state index contributed by atoms with van der Waals surface area (Å²) in [4.78, 5) is 0. The molecule has 0 aromatic heterocycles. The first-order valence-corrected chi connectivity index (χ1v) is 5.98. The highest BCUT2D eigenvalue weighted by Crippen LogP contribution is 2.26. The van der Waals surface area contributed by atoms with Crippen molar-refractivity contribution in [3.63, 3.8) is 0 Å². The monoisotopic (exact) mass is 264 g/mol. The minimum absolute atomic E-state index is 0.0355. The Bertz CT molecular complexity index is 552. The number of nitrogens with two attached hydrogens (primary N) is 1. The molecule has 2 aromatic rings. The highest BCUT2D eigenvalue weighted by atomic mass is 35.5. The van der Waals surface area contributed by atoms with E-state index in [1.807, 2.05) is 31.2 Å². The first-order valence-electron chi connectivity index (χ1n) is 5.60. The fourth-order valence-electron chi connectivity index (χ4n) is 1.62. The molecule has 0 fully saturated rings. The second-order valence-electron chi connectivity index (χ2n) is 4.19. The highest BCUT2D eigenvalue weighted by Gasteiger charge is 2.05. The fourth-order valence-corrected chi connectivity index (χ4v) is 1.79. The Labute approximate surface area is 111 Å². The van der Waals surface area contributed by atoms with Gasteiger partial charge in [0, 0.05) is 12.6 Å². The summed E-state index contributed by atoms with van der Waals surface area (Å²) >= 11 is 5.64. The molecule has 0 aliphatic carbocycles. The molecule has 0 spiro atoms. The van der Waals surface area contributed by atoms with Crippen molar-refractivity contribution >= 4 is 23.0 Å². The van der Waals surface area contributed by atoms with Gasteiger partial charge in [0.05, 0.1) is 16.4 Å². The maximum absolute atomic E-state index is 13.3. The van der Waals surface area contributed by atoms with Crippen molar-refractivity contribution < 1.29 is 4.39 Å². The van der Waals surface area contributed by atoms with Crippen LogP contribution in [-0.2, 0) is 6.54 Å². The summed E-state index contributed by atoms with van der Waals surface area (Å²) in [7, 11) is 0. The van der Waals surface area contributed by atoms with Crippen molar-refractivity contribution in [2.24, 2.45) is 0 Å². The summed E-state index contributed by atoms with van der Waals surface area (Å²) in [6.45, 7) is 2.62. The SMILES string of the molecule is Cc1ccc(CNc2cc(F)c(Cl)cc2N)cc1.